The Morgan fingerprint density at radius 2 is 1.96 bits per heavy atom. The first-order valence-electron chi connectivity index (χ1n) is 10.1. The minimum atomic E-state index is -0.161. The second-order valence-corrected chi connectivity index (χ2v) is 7.89. The van der Waals surface area contributed by atoms with Gasteiger partial charge >= 0.3 is 0 Å². The topological polar surface area (TPSA) is 81.9 Å². The summed E-state index contributed by atoms with van der Waals surface area (Å²) in [6.07, 6.45) is 1.31. The fraction of sp³-hybridized carbons (Fsp3) is 0.550. The number of oxazole rings is 1. The van der Waals surface area contributed by atoms with Crippen molar-refractivity contribution in [2.75, 3.05) is 50.7 Å². The summed E-state index contributed by atoms with van der Waals surface area (Å²) >= 11 is 0. The molecule has 0 aliphatic carbocycles. The number of Topliss-reactive ketones (excluding diaryl/α,β-unsaturated/α-hetero) is 1. The molecule has 8 nitrogen and oxygen atoms in total. The maximum Gasteiger partial charge on any atom is 0.298 e. The number of amides is 1. The van der Waals surface area contributed by atoms with Gasteiger partial charge in [0.05, 0.1) is 12.6 Å². The van der Waals surface area contributed by atoms with Gasteiger partial charge in [0.1, 0.15) is 5.52 Å². The number of carbonyl (C=O) groups excluding carboxylic acids is 2. The van der Waals surface area contributed by atoms with Crippen molar-refractivity contribution >= 4 is 28.8 Å². The smallest absolute Gasteiger partial charge is 0.298 e. The van der Waals surface area contributed by atoms with Crippen LogP contribution >= 0.6 is 0 Å². The molecule has 0 bridgehead atoms. The number of para-hydroxylation sites is 2. The lowest BCUT2D eigenvalue weighted by Crippen LogP contribution is -2.51. The van der Waals surface area contributed by atoms with Gasteiger partial charge in [-0.3, -0.25) is 14.5 Å². The van der Waals surface area contributed by atoms with Crippen LogP contribution in [-0.2, 0) is 9.59 Å². The molecule has 8 heteroatoms. The molecule has 5 rings (SSSR count). The van der Waals surface area contributed by atoms with Gasteiger partial charge in [-0.1, -0.05) is 12.1 Å². The molecule has 4 heterocycles. The molecule has 3 aliphatic rings. The van der Waals surface area contributed by atoms with Crippen molar-refractivity contribution < 1.29 is 14.0 Å². The fourth-order valence-corrected chi connectivity index (χ4v) is 4.50. The SMILES string of the molecule is O=C1CCN(C(=O)[C@@H]2C[C@H](N3CCN(c4nc5ccccc5o4)CC3)CN2)C1. The van der Waals surface area contributed by atoms with E-state index in [-0.39, 0.29) is 24.3 Å². The molecule has 0 unspecified atom stereocenters. The summed E-state index contributed by atoms with van der Waals surface area (Å²) in [5.41, 5.74) is 1.71. The number of aromatic nitrogens is 1. The number of nitrogens with zero attached hydrogens (tertiary/aromatic N) is 4. The Labute approximate surface area is 163 Å². The highest BCUT2D eigenvalue weighted by Crippen LogP contribution is 2.24. The summed E-state index contributed by atoms with van der Waals surface area (Å²) in [7, 11) is 0. The molecule has 1 amide bonds. The molecule has 0 radical (unpaired) electrons. The van der Waals surface area contributed by atoms with Gasteiger partial charge in [-0.25, -0.2) is 0 Å². The maximum atomic E-state index is 12.6. The molecule has 0 spiro atoms. The van der Waals surface area contributed by atoms with Gasteiger partial charge < -0.3 is 19.5 Å². The first kappa shape index (κ1) is 17.6. The van der Waals surface area contributed by atoms with Crippen LogP contribution in [0.3, 0.4) is 0 Å². The average molecular weight is 383 g/mol. The highest BCUT2D eigenvalue weighted by Gasteiger charge is 2.37. The maximum absolute atomic E-state index is 12.6. The standard InChI is InChI=1S/C20H25N5O3/c26-15-5-6-25(13-15)19(27)17-11-14(12-21-17)23-7-9-24(10-8-23)20-22-16-3-1-2-4-18(16)28-20/h1-4,14,17,21H,5-13H2/t14-,17-/m0/s1. The number of piperazine rings is 1. The molecule has 0 saturated carbocycles. The lowest BCUT2D eigenvalue weighted by molar-refractivity contribution is -0.133. The fourth-order valence-electron chi connectivity index (χ4n) is 4.50. The minimum Gasteiger partial charge on any atom is -0.423 e. The number of benzene rings is 1. The first-order valence-corrected chi connectivity index (χ1v) is 10.1. The summed E-state index contributed by atoms with van der Waals surface area (Å²) in [5, 5.41) is 3.37. The van der Waals surface area contributed by atoms with Crippen LogP contribution in [0.1, 0.15) is 12.8 Å². The van der Waals surface area contributed by atoms with Crippen LogP contribution in [0.5, 0.6) is 0 Å². The largest absolute Gasteiger partial charge is 0.423 e. The number of hydrogen-bond acceptors (Lipinski definition) is 7. The summed E-state index contributed by atoms with van der Waals surface area (Å²) in [6, 6.07) is 8.72. The summed E-state index contributed by atoms with van der Waals surface area (Å²) in [6.45, 7) is 5.25. The number of likely N-dealkylation sites (tertiary alicyclic amines) is 1. The number of fused-ring (bicyclic) bond motifs is 1. The van der Waals surface area contributed by atoms with Crippen LogP contribution in [0.2, 0.25) is 0 Å². The lowest BCUT2D eigenvalue weighted by atomic mass is 10.1. The van der Waals surface area contributed by atoms with Crippen LogP contribution < -0.4 is 10.2 Å². The van der Waals surface area contributed by atoms with Gasteiger partial charge in [0.15, 0.2) is 11.4 Å². The van der Waals surface area contributed by atoms with E-state index in [4.69, 9.17) is 4.42 Å². The van der Waals surface area contributed by atoms with E-state index < -0.39 is 0 Å². The monoisotopic (exact) mass is 383 g/mol. The zero-order chi connectivity index (χ0) is 19.1. The number of anilines is 1. The van der Waals surface area contributed by atoms with E-state index in [2.05, 4.69) is 20.1 Å². The van der Waals surface area contributed by atoms with Gasteiger partial charge in [-0.15, -0.1) is 0 Å². The second kappa shape index (κ2) is 7.18. The molecule has 3 fully saturated rings. The van der Waals surface area contributed by atoms with Crippen LogP contribution in [0.4, 0.5) is 6.01 Å². The molecular formula is C20H25N5O3. The summed E-state index contributed by atoms with van der Waals surface area (Å²) in [4.78, 5) is 35.0. The van der Waals surface area contributed by atoms with Crippen LogP contribution in [0.25, 0.3) is 11.1 Å². The molecule has 28 heavy (non-hydrogen) atoms. The average Bonchev–Trinajstić information content (AvgIpc) is 3.46. The Morgan fingerprint density at radius 3 is 2.71 bits per heavy atom. The number of hydrogen-bond donors (Lipinski definition) is 1. The third kappa shape index (κ3) is 3.27. The van der Waals surface area contributed by atoms with Crippen molar-refractivity contribution in [2.45, 2.75) is 24.9 Å². The minimum absolute atomic E-state index is 0.0819. The van der Waals surface area contributed by atoms with Crippen LogP contribution in [-0.4, -0.2) is 84.4 Å². The Morgan fingerprint density at radius 1 is 1.14 bits per heavy atom. The Balaban J connectivity index is 1.16. The zero-order valence-electron chi connectivity index (χ0n) is 15.8. The summed E-state index contributed by atoms with van der Waals surface area (Å²) in [5.74, 6) is 0.247. The molecule has 1 aromatic carbocycles. The van der Waals surface area contributed by atoms with Crippen LogP contribution in [0, 0.1) is 0 Å². The van der Waals surface area contributed by atoms with Crippen molar-refractivity contribution in [1.29, 1.82) is 0 Å². The third-order valence-corrected chi connectivity index (χ3v) is 6.13. The van der Waals surface area contributed by atoms with Crippen molar-refractivity contribution in [1.82, 2.24) is 20.1 Å². The second-order valence-electron chi connectivity index (χ2n) is 7.89. The van der Waals surface area contributed by atoms with Crippen molar-refractivity contribution in [3.8, 4) is 0 Å². The zero-order valence-corrected chi connectivity index (χ0v) is 15.8. The van der Waals surface area contributed by atoms with E-state index in [9.17, 15) is 9.59 Å². The van der Waals surface area contributed by atoms with E-state index in [0.717, 1.165) is 50.2 Å². The molecular weight excluding hydrogens is 358 g/mol. The number of nitrogens with one attached hydrogen (secondary N) is 1. The molecule has 3 saturated heterocycles. The van der Waals surface area contributed by atoms with E-state index in [1.165, 1.54) is 0 Å². The first-order chi connectivity index (χ1) is 13.7. The summed E-state index contributed by atoms with van der Waals surface area (Å²) < 4.78 is 5.89. The highest BCUT2D eigenvalue weighted by molar-refractivity contribution is 5.91. The van der Waals surface area contributed by atoms with Gasteiger partial charge in [-0.05, 0) is 18.6 Å². The van der Waals surface area contributed by atoms with Crippen LogP contribution in [0.15, 0.2) is 28.7 Å². The Kier molecular flexibility index (Phi) is 4.52. The predicted molar refractivity (Wildman–Crippen MR) is 104 cm³/mol. The van der Waals surface area contributed by atoms with Gasteiger partial charge in [0.2, 0.25) is 5.91 Å². The Hall–Kier alpha value is -2.45. The van der Waals surface area contributed by atoms with Crippen molar-refractivity contribution in [3.63, 3.8) is 0 Å². The van der Waals surface area contributed by atoms with E-state index in [0.29, 0.717) is 25.0 Å². The highest BCUT2D eigenvalue weighted by atomic mass is 16.4. The molecule has 1 N–H and O–H groups in total. The number of rotatable bonds is 3. The molecule has 2 atom stereocenters. The molecule has 3 aliphatic heterocycles. The Bertz CT molecular complexity index is 856. The van der Waals surface area contributed by atoms with E-state index in [1.807, 2.05) is 24.3 Å². The van der Waals surface area contributed by atoms with E-state index >= 15 is 0 Å². The number of carbonyl (C=O) groups is 2. The van der Waals surface area contributed by atoms with Gasteiger partial charge in [-0.2, -0.15) is 4.98 Å². The quantitative estimate of drug-likeness (QED) is 0.826. The van der Waals surface area contributed by atoms with Crippen molar-refractivity contribution in [3.05, 3.63) is 24.3 Å². The third-order valence-electron chi connectivity index (χ3n) is 6.13. The van der Waals surface area contributed by atoms with E-state index in [1.54, 1.807) is 4.90 Å². The van der Waals surface area contributed by atoms with Gasteiger partial charge in [0, 0.05) is 51.7 Å². The van der Waals surface area contributed by atoms with Gasteiger partial charge in [0.25, 0.3) is 6.01 Å². The van der Waals surface area contributed by atoms with Crippen molar-refractivity contribution in [2.24, 2.45) is 0 Å². The normalized spacial score (nSPS) is 26.5. The predicted octanol–water partition coefficient (Wildman–Crippen LogP) is 0.482. The molecule has 2 aromatic rings. The lowest BCUT2D eigenvalue weighted by Gasteiger charge is -2.37. The molecule has 148 valence electrons. The molecule has 1 aromatic heterocycles. The number of ketones is 1.